The van der Waals surface area contributed by atoms with E-state index in [1.807, 2.05) is 12.1 Å². The van der Waals surface area contributed by atoms with E-state index >= 15 is 0 Å². The lowest BCUT2D eigenvalue weighted by Gasteiger charge is -2.10. The summed E-state index contributed by atoms with van der Waals surface area (Å²) >= 11 is 0. The van der Waals surface area contributed by atoms with Gasteiger partial charge in [0.25, 0.3) is 0 Å². The maximum Gasteiger partial charge on any atom is 0.416 e. The molecule has 0 aliphatic heterocycles. The number of aromatic nitrogens is 4. The van der Waals surface area contributed by atoms with Crippen molar-refractivity contribution in [2.75, 3.05) is 0 Å². The lowest BCUT2D eigenvalue weighted by Crippen LogP contribution is -2.05. The second kappa shape index (κ2) is 5.74. The number of rotatable bonds is 2. The molecule has 0 spiro atoms. The van der Waals surface area contributed by atoms with Crippen molar-refractivity contribution in [2.24, 2.45) is 0 Å². The molecule has 4 rings (SSSR count). The summed E-state index contributed by atoms with van der Waals surface area (Å²) in [5.74, 6) is 0. The van der Waals surface area contributed by atoms with Gasteiger partial charge in [-0.1, -0.05) is 12.1 Å². The Bertz CT molecular complexity index is 1150. The first-order valence-electron chi connectivity index (χ1n) is 7.57. The first kappa shape index (κ1) is 15.9. The maximum atomic E-state index is 13.0. The summed E-state index contributed by atoms with van der Waals surface area (Å²) in [6, 6.07) is 14.3. The Hall–Kier alpha value is -3.60. The van der Waals surface area contributed by atoms with Crippen LogP contribution in [0.4, 0.5) is 13.2 Å². The van der Waals surface area contributed by atoms with Crippen molar-refractivity contribution >= 4 is 10.9 Å². The van der Waals surface area contributed by atoms with Crippen LogP contribution in [0.25, 0.3) is 27.8 Å². The Morgan fingerprint density at radius 3 is 2.65 bits per heavy atom. The van der Waals surface area contributed by atoms with Crippen LogP contribution in [0.15, 0.2) is 54.7 Å². The highest BCUT2D eigenvalue weighted by molar-refractivity contribution is 5.87. The molecule has 0 fully saturated rings. The van der Waals surface area contributed by atoms with Gasteiger partial charge in [-0.2, -0.15) is 28.7 Å². The van der Waals surface area contributed by atoms with Crippen LogP contribution in [0.2, 0.25) is 0 Å². The van der Waals surface area contributed by atoms with Crippen LogP contribution in [0.3, 0.4) is 0 Å². The molecule has 0 radical (unpaired) electrons. The van der Waals surface area contributed by atoms with Crippen LogP contribution in [-0.2, 0) is 6.18 Å². The topological polar surface area (TPSA) is 70.3 Å². The highest BCUT2D eigenvalue weighted by Gasteiger charge is 2.30. The van der Waals surface area contributed by atoms with E-state index in [0.717, 1.165) is 23.0 Å². The minimum atomic E-state index is -4.40. The minimum absolute atomic E-state index is 0.182. The Morgan fingerprint density at radius 2 is 1.88 bits per heavy atom. The van der Waals surface area contributed by atoms with E-state index in [0.29, 0.717) is 16.9 Å². The number of nitriles is 1. The fraction of sp³-hybridized carbons (Fsp3) is 0.0556. The number of hydrogen-bond acceptors (Lipinski definition) is 3. The molecule has 128 valence electrons. The SMILES string of the molecule is N#Cc1n[nH]nc1-c1ccc2c(ccn2-c2cccc(C(F)(F)F)c2)c1. The number of nitrogens with zero attached hydrogens (tertiary/aromatic N) is 4. The van der Waals surface area contributed by atoms with Crippen molar-refractivity contribution in [3.05, 3.63) is 66.0 Å². The molecule has 0 aliphatic rings. The largest absolute Gasteiger partial charge is 0.416 e. The molecule has 0 atom stereocenters. The van der Waals surface area contributed by atoms with Gasteiger partial charge in [0, 0.05) is 22.8 Å². The monoisotopic (exact) mass is 353 g/mol. The first-order valence-corrected chi connectivity index (χ1v) is 7.57. The first-order chi connectivity index (χ1) is 12.5. The fourth-order valence-corrected chi connectivity index (χ4v) is 2.86. The van der Waals surface area contributed by atoms with E-state index < -0.39 is 11.7 Å². The van der Waals surface area contributed by atoms with Gasteiger partial charge in [-0.05, 0) is 36.4 Å². The van der Waals surface area contributed by atoms with Gasteiger partial charge < -0.3 is 4.57 Å². The predicted molar refractivity (Wildman–Crippen MR) is 88.4 cm³/mol. The quantitative estimate of drug-likeness (QED) is 0.584. The summed E-state index contributed by atoms with van der Waals surface area (Å²) in [5, 5.41) is 20.0. The van der Waals surface area contributed by atoms with E-state index in [1.54, 1.807) is 35.0 Å². The van der Waals surface area contributed by atoms with Crippen LogP contribution in [0.1, 0.15) is 11.3 Å². The Kier molecular flexibility index (Phi) is 3.51. The number of halogens is 3. The van der Waals surface area contributed by atoms with Gasteiger partial charge in [0.1, 0.15) is 11.8 Å². The molecule has 2 heterocycles. The average Bonchev–Trinajstić information content (AvgIpc) is 3.27. The van der Waals surface area contributed by atoms with Crippen molar-refractivity contribution < 1.29 is 13.2 Å². The Morgan fingerprint density at radius 1 is 1.04 bits per heavy atom. The van der Waals surface area contributed by atoms with E-state index in [9.17, 15) is 13.2 Å². The Balaban J connectivity index is 1.81. The number of fused-ring (bicyclic) bond motifs is 1. The van der Waals surface area contributed by atoms with Crippen molar-refractivity contribution in [3.63, 3.8) is 0 Å². The van der Waals surface area contributed by atoms with Gasteiger partial charge in [-0.3, -0.25) is 0 Å². The minimum Gasteiger partial charge on any atom is -0.317 e. The molecule has 1 N–H and O–H groups in total. The smallest absolute Gasteiger partial charge is 0.317 e. The fourth-order valence-electron chi connectivity index (χ4n) is 2.86. The molecule has 26 heavy (non-hydrogen) atoms. The summed E-state index contributed by atoms with van der Waals surface area (Å²) in [5.41, 5.74) is 1.78. The van der Waals surface area contributed by atoms with E-state index in [4.69, 9.17) is 5.26 Å². The summed E-state index contributed by atoms with van der Waals surface area (Å²) in [6.45, 7) is 0. The summed E-state index contributed by atoms with van der Waals surface area (Å²) < 4.78 is 40.5. The van der Waals surface area contributed by atoms with Crippen LogP contribution in [-0.4, -0.2) is 20.0 Å². The lowest BCUT2D eigenvalue weighted by atomic mass is 10.1. The third-order valence-electron chi connectivity index (χ3n) is 4.07. The van der Waals surface area contributed by atoms with Gasteiger partial charge >= 0.3 is 6.18 Å². The van der Waals surface area contributed by atoms with Gasteiger partial charge in [-0.25, -0.2) is 0 Å². The molecule has 0 saturated carbocycles. The molecule has 5 nitrogen and oxygen atoms in total. The van der Waals surface area contributed by atoms with Gasteiger partial charge in [0.2, 0.25) is 0 Å². The third kappa shape index (κ3) is 2.59. The summed E-state index contributed by atoms with van der Waals surface area (Å²) in [7, 11) is 0. The van der Waals surface area contributed by atoms with E-state index in [1.165, 1.54) is 6.07 Å². The number of hydrogen-bond donors (Lipinski definition) is 1. The number of nitrogens with one attached hydrogen (secondary N) is 1. The van der Waals surface area contributed by atoms with Crippen LogP contribution >= 0.6 is 0 Å². The standard InChI is InChI=1S/C18H10F3N5/c19-18(20,21)13-2-1-3-14(9-13)26-7-6-11-8-12(4-5-16(11)26)17-15(10-22)23-25-24-17/h1-9H,(H,23,24,25). The van der Waals surface area contributed by atoms with Gasteiger partial charge in [0.15, 0.2) is 5.69 Å². The maximum absolute atomic E-state index is 13.0. The molecule has 0 amide bonds. The zero-order chi connectivity index (χ0) is 18.3. The van der Waals surface area contributed by atoms with Gasteiger partial charge in [0.05, 0.1) is 11.1 Å². The van der Waals surface area contributed by atoms with Crippen molar-refractivity contribution in [1.82, 2.24) is 20.0 Å². The predicted octanol–water partition coefficient (Wildman–Crippen LogP) is 4.31. The number of benzene rings is 2. The molecular formula is C18H10F3N5. The normalized spacial score (nSPS) is 11.6. The number of aromatic amines is 1. The molecule has 2 aromatic heterocycles. The molecule has 0 aliphatic carbocycles. The molecule has 0 saturated heterocycles. The molecule has 4 aromatic rings. The van der Waals surface area contributed by atoms with Crippen LogP contribution in [0.5, 0.6) is 0 Å². The molecule has 8 heteroatoms. The molecule has 2 aromatic carbocycles. The zero-order valence-electron chi connectivity index (χ0n) is 13.1. The molecule has 0 bridgehead atoms. The van der Waals surface area contributed by atoms with E-state index in [2.05, 4.69) is 15.4 Å². The molecule has 0 unspecified atom stereocenters. The zero-order valence-corrected chi connectivity index (χ0v) is 13.1. The second-order valence-corrected chi connectivity index (χ2v) is 5.64. The highest BCUT2D eigenvalue weighted by Crippen LogP contribution is 2.32. The lowest BCUT2D eigenvalue weighted by molar-refractivity contribution is -0.137. The Labute approximate surface area is 145 Å². The summed E-state index contributed by atoms with van der Waals surface area (Å²) in [6.07, 6.45) is -2.69. The third-order valence-corrected chi connectivity index (χ3v) is 4.07. The molecular weight excluding hydrogens is 343 g/mol. The number of H-pyrrole nitrogens is 1. The van der Waals surface area contributed by atoms with Crippen LogP contribution < -0.4 is 0 Å². The highest BCUT2D eigenvalue weighted by atomic mass is 19.4. The second-order valence-electron chi connectivity index (χ2n) is 5.64. The van der Waals surface area contributed by atoms with Crippen molar-refractivity contribution in [2.45, 2.75) is 6.18 Å². The van der Waals surface area contributed by atoms with Crippen LogP contribution in [0, 0.1) is 11.3 Å². The average molecular weight is 353 g/mol. The van der Waals surface area contributed by atoms with Crippen molar-refractivity contribution in [1.29, 1.82) is 5.26 Å². The van der Waals surface area contributed by atoms with Crippen molar-refractivity contribution in [3.8, 4) is 23.0 Å². The summed E-state index contributed by atoms with van der Waals surface area (Å²) in [4.78, 5) is 0. The van der Waals surface area contributed by atoms with E-state index in [-0.39, 0.29) is 5.69 Å². The number of alkyl halides is 3. The van der Waals surface area contributed by atoms with Gasteiger partial charge in [-0.15, -0.1) is 5.10 Å².